The Morgan fingerprint density at radius 3 is 2.27 bits per heavy atom. The number of aliphatic hydroxyl groups excluding tert-OH is 1. The Hall–Kier alpha value is -1.87. The maximum Gasteiger partial charge on any atom is 0.150 e. The van der Waals surface area contributed by atoms with Gasteiger partial charge in [-0.05, 0) is 29.0 Å². The van der Waals surface area contributed by atoms with Gasteiger partial charge in [0.1, 0.15) is 12.0 Å². The zero-order chi connectivity index (χ0) is 11.3. The molecule has 3 nitrogen and oxygen atoms in total. The minimum absolute atomic E-state index is 0.242. The molecule has 2 rings (SSSR count). The van der Waals surface area contributed by atoms with Crippen LogP contribution in [0.3, 0.4) is 0 Å². The molecule has 0 aliphatic heterocycles. The van der Waals surface area contributed by atoms with Crippen molar-refractivity contribution in [2.75, 3.05) is 7.11 Å². The first kappa shape index (κ1) is 11.2. The van der Waals surface area contributed by atoms with E-state index in [-0.39, 0.29) is 5.75 Å². The summed E-state index contributed by atoms with van der Waals surface area (Å²) in [4.78, 5) is 10.5. The van der Waals surface area contributed by atoms with E-state index in [4.69, 9.17) is 5.11 Å². The van der Waals surface area contributed by atoms with Crippen molar-refractivity contribution in [3.63, 3.8) is 0 Å². The summed E-state index contributed by atoms with van der Waals surface area (Å²) in [7, 11) is 1.00. The van der Waals surface area contributed by atoms with Crippen molar-refractivity contribution < 1.29 is 15.0 Å². The van der Waals surface area contributed by atoms with Crippen molar-refractivity contribution >= 4 is 17.1 Å². The van der Waals surface area contributed by atoms with Gasteiger partial charge in [-0.3, -0.25) is 4.79 Å². The van der Waals surface area contributed by atoms with Crippen LogP contribution in [0.15, 0.2) is 36.4 Å². The lowest BCUT2D eigenvalue weighted by Gasteiger charge is -1.98. The van der Waals surface area contributed by atoms with Gasteiger partial charge in [-0.25, -0.2) is 0 Å². The number of hydrogen-bond acceptors (Lipinski definition) is 3. The topological polar surface area (TPSA) is 57.5 Å². The molecule has 0 radical (unpaired) electrons. The van der Waals surface area contributed by atoms with Crippen LogP contribution in [0.25, 0.3) is 10.8 Å². The van der Waals surface area contributed by atoms with Crippen LogP contribution >= 0.6 is 0 Å². The number of carbonyl (C=O) groups excluding carboxylic acids is 1. The van der Waals surface area contributed by atoms with Crippen LogP contribution in [0, 0.1) is 0 Å². The molecule has 15 heavy (non-hydrogen) atoms. The summed E-state index contributed by atoms with van der Waals surface area (Å²) in [5, 5.41) is 18.1. The third-order valence-corrected chi connectivity index (χ3v) is 1.98. The number of phenolic OH excluding ortho intramolecular Hbond substituents is 1. The van der Waals surface area contributed by atoms with Crippen LogP contribution in [-0.2, 0) is 0 Å². The molecule has 0 atom stereocenters. The first-order valence-corrected chi connectivity index (χ1v) is 4.42. The van der Waals surface area contributed by atoms with E-state index in [0.29, 0.717) is 5.56 Å². The average molecular weight is 204 g/mol. The highest BCUT2D eigenvalue weighted by Gasteiger charge is 1.96. The van der Waals surface area contributed by atoms with Crippen molar-refractivity contribution in [2.45, 2.75) is 0 Å². The minimum Gasteiger partial charge on any atom is -0.508 e. The third-order valence-electron chi connectivity index (χ3n) is 1.98. The maximum atomic E-state index is 10.5. The molecule has 0 aliphatic carbocycles. The summed E-state index contributed by atoms with van der Waals surface area (Å²) in [5.41, 5.74) is 0.651. The lowest BCUT2D eigenvalue weighted by Crippen LogP contribution is -1.79. The van der Waals surface area contributed by atoms with E-state index in [1.54, 1.807) is 30.3 Å². The molecular weight excluding hydrogens is 192 g/mol. The molecule has 2 aromatic rings. The van der Waals surface area contributed by atoms with Crippen LogP contribution in [-0.4, -0.2) is 23.6 Å². The maximum absolute atomic E-state index is 10.5. The van der Waals surface area contributed by atoms with Gasteiger partial charge in [0.25, 0.3) is 0 Å². The van der Waals surface area contributed by atoms with Gasteiger partial charge in [0.15, 0.2) is 0 Å². The minimum atomic E-state index is 0.242. The van der Waals surface area contributed by atoms with Gasteiger partial charge in [0, 0.05) is 12.7 Å². The molecule has 2 aromatic carbocycles. The fourth-order valence-electron chi connectivity index (χ4n) is 1.32. The van der Waals surface area contributed by atoms with E-state index in [1.807, 2.05) is 6.07 Å². The number of aldehydes is 1. The fraction of sp³-hybridized carbons (Fsp3) is 0.0833. The normalized spacial score (nSPS) is 9.20. The van der Waals surface area contributed by atoms with Crippen molar-refractivity contribution in [1.82, 2.24) is 0 Å². The first-order chi connectivity index (χ1) is 7.29. The monoisotopic (exact) mass is 204 g/mol. The van der Waals surface area contributed by atoms with E-state index >= 15 is 0 Å². The number of carbonyl (C=O) groups is 1. The summed E-state index contributed by atoms with van der Waals surface area (Å²) in [5.74, 6) is 0.242. The molecule has 78 valence electrons. The van der Waals surface area contributed by atoms with E-state index in [9.17, 15) is 9.90 Å². The molecule has 2 N–H and O–H groups in total. The average Bonchev–Trinajstić information content (AvgIpc) is 2.31. The third kappa shape index (κ3) is 2.54. The smallest absolute Gasteiger partial charge is 0.150 e. The molecule has 0 aliphatic rings. The Morgan fingerprint density at radius 2 is 1.60 bits per heavy atom. The van der Waals surface area contributed by atoms with Gasteiger partial charge in [-0.15, -0.1) is 0 Å². The SMILES string of the molecule is CO.O=Cc1ccc2cc(O)ccc2c1. The number of fused-ring (bicyclic) bond motifs is 1. The van der Waals surface area contributed by atoms with Gasteiger partial charge in [0.05, 0.1) is 0 Å². The highest BCUT2D eigenvalue weighted by Crippen LogP contribution is 2.20. The molecule has 0 bridgehead atoms. The van der Waals surface area contributed by atoms with Crippen molar-refractivity contribution in [3.8, 4) is 5.75 Å². The second-order valence-corrected chi connectivity index (χ2v) is 2.91. The predicted octanol–water partition coefficient (Wildman–Crippen LogP) is 1.97. The molecular formula is C12H12O3. The largest absolute Gasteiger partial charge is 0.508 e. The van der Waals surface area contributed by atoms with Gasteiger partial charge < -0.3 is 10.2 Å². The van der Waals surface area contributed by atoms with Crippen molar-refractivity contribution in [1.29, 1.82) is 0 Å². The summed E-state index contributed by atoms with van der Waals surface area (Å²) in [6.07, 6.45) is 0.812. The molecule has 0 unspecified atom stereocenters. The second kappa shape index (κ2) is 5.12. The summed E-state index contributed by atoms with van der Waals surface area (Å²) < 4.78 is 0. The van der Waals surface area contributed by atoms with Crippen LogP contribution in [0.2, 0.25) is 0 Å². The summed E-state index contributed by atoms with van der Waals surface area (Å²) in [6.45, 7) is 0. The van der Waals surface area contributed by atoms with Gasteiger partial charge in [-0.2, -0.15) is 0 Å². The molecule has 0 saturated heterocycles. The highest BCUT2D eigenvalue weighted by atomic mass is 16.3. The van der Waals surface area contributed by atoms with Crippen LogP contribution in [0.4, 0.5) is 0 Å². The molecule has 0 amide bonds. The Bertz CT molecular complexity index is 463. The Labute approximate surface area is 87.6 Å². The second-order valence-electron chi connectivity index (χ2n) is 2.91. The Morgan fingerprint density at radius 1 is 1.00 bits per heavy atom. The number of aliphatic hydroxyl groups is 1. The number of benzene rings is 2. The molecule has 0 saturated carbocycles. The van der Waals surface area contributed by atoms with Crippen molar-refractivity contribution in [3.05, 3.63) is 42.0 Å². The Kier molecular flexibility index (Phi) is 3.83. The zero-order valence-electron chi connectivity index (χ0n) is 8.34. The number of aromatic hydroxyl groups is 1. The quantitative estimate of drug-likeness (QED) is 0.698. The molecule has 0 heterocycles. The lowest BCUT2D eigenvalue weighted by molar-refractivity contribution is 0.112. The fourth-order valence-corrected chi connectivity index (χ4v) is 1.32. The van der Waals surface area contributed by atoms with E-state index in [1.165, 1.54) is 0 Å². The molecule has 0 fully saturated rings. The Balaban J connectivity index is 0.000000531. The number of phenols is 1. The van der Waals surface area contributed by atoms with E-state index < -0.39 is 0 Å². The van der Waals surface area contributed by atoms with Crippen LogP contribution < -0.4 is 0 Å². The summed E-state index contributed by atoms with van der Waals surface area (Å²) in [6, 6.07) is 10.4. The molecule has 0 aromatic heterocycles. The van der Waals surface area contributed by atoms with Gasteiger partial charge in [0.2, 0.25) is 0 Å². The van der Waals surface area contributed by atoms with Gasteiger partial charge in [-0.1, -0.05) is 18.2 Å². The molecule has 3 heteroatoms. The first-order valence-electron chi connectivity index (χ1n) is 4.42. The zero-order valence-corrected chi connectivity index (χ0v) is 8.34. The van der Waals surface area contributed by atoms with E-state index in [0.717, 1.165) is 24.2 Å². The number of rotatable bonds is 1. The number of hydrogen-bond donors (Lipinski definition) is 2. The summed E-state index contributed by atoms with van der Waals surface area (Å²) >= 11 is 0. The predicted molar refractivity (Wildman–Crippen MR) is 59.1 cm³/mol. The van der Waals surface area contributed by atoms with Crippen LogP contribution in [0.5, 0.6) is 5.75 Å². The van der Waals surface area contributed by atoms with Crippen molar-refractivity contribution in [2.24, 2.45) is 0 Å². The van der Waals surface area contributed by atoms with Gasteiger partial charge >= 0.3 is 0 Å². The molecule has 0 spiro atoms. The highest BCUT2D eigenvalue weighted by molar-refractivity contribution is 5.89. The van der Waals surface area contributed by atoms with E-state index in [2.05, 4.69) is 0 Å². The lowest BCUT2D eigenvalue weighted by atomic mass is 10.1. The van der Waals surface area contributed by atoms with Crippen LogP contribution in [0.1, 0.15) is 10.4 Å². The standard InChI is InChI=1S/C11H8O2.CH4O/c12-7-8-1-2-10-6-11(13)4-3-9(10)5-8;1-2/h1-7,13H;2H,1H3.